The Morgan fingerprint density at radius 3 is 2.25 bits per heavy atom. The zero-order chi connectivity index (χ0) is 15.3. The molecule has 5 heteroatoms. The van der Waals surface area contributed by atoms with Crippen LogP contribution in [-0.4, -0.2) is 33.9 Å². The van der Waals surface area contributed by atoms with Gasteiger partial charge in [-0.25, -0.2) is 4.79 Å². The average Bonchev–Trinajstić information content (AvgIpc) is 2.42. The molecule has 0 radical (unpaired) electrons. The Kier molecular flexibility index (Phi) is 5.92. The lowest BCUT2D eigenvalue weighted by atomic mass is 10.0. The summed E-state index contributed by atoms with van der Waals surface area (Å²) in [6.07, 6.45) is 2.30. The Bertz CT molecular complexity index is 472. The summed E-state index contributed by atoms with van der Waals surface area (Å²) in [5.74, 6) is -0.411. The Morgan fingerprint density at radius 1 is 1.20 bits per heavy atom. The van der Waals surface area contributed by atoms with Crippen molar-refractivity contribution in [2.24, 2.45) is 0 Å². The van der Waals surface area contributed by atoms with E-state index in [-0.39, 0.29) is 6.04 Å². The van der Waals surface area contributed by atoms with Crippen molar-refractivity contribution in [3.63, 3.8) is 0 Å². The molecule has 1 heterocycles. The quantitative estimate of drug-likeness (QED) is 0.831. The summed E-state index contributed by atoms with van der Waals surface area (Å²) in [6, 6.07) is 0.194. The zero-order valence-electron chi connectivity index (χ0n) is 13.1. The van der Waals surface area contributed by atoms with Gasteiger partial charge in [0.25, 0.3) is 0 Å². The van der Waals surface area contributed by atoms with Crippen molar-refractivity contribution in [1.29, 1.82) is 0 Å². The number of aromatic nitrogens is 2. The van der Waals surface area contributed by atoms with Crippen molar-refractivity contribution >= 4 is 11.8 Å². The van der Waals surface area contributed by atoms with Gasteiger partial charge in [0.2, 0.25) is 0 Å². The maximum atomic E-state index is 11.7. The molecular weight excluding hydrogens is 254 g/mol. The van der Waals surface area contributed by atoms with Gasteiger partial charge in [-0.3, -0.25) is 0 Å². The van der Waals surface area contributed by atoms with E-state index in [1.54, 1.807) is 0 Å². The standard InChI is InChI=1S/C15H25N3O2/c1-6-9-18(10(4)5)14-13(15(19)20)11(7-2)12(8-3)16-17-14/h10H,6-9H2,1-5H3,(H,19,20). The first kappa shape index (κ1) is 16.4. The smallest absolute Gasteiger partial charge is 0.339 e. The van der Waals surface area contributed by atoms with E-state index in [0.29, 0.717) is 24.2 Å². The lowest BCUT2D eigenvalue weighted by Gasteiger charge is -2.29. The number of carboxylic acid groups (broad SMARTS) is 1. The summed E-state index contributed by atoms with van der Waals surface area (Å²) in [4.78, 5) is 13.7. The van der Waals surface area contributed by atoms with Crippen molar-refractivity contribution in [3.8, 4) is 0 Å². The van der Waals surface area contributed by atoms with Crippen LogP contribution in [0.3, 0.4) is 0 Å². The summed E-state index contributed by atoms with van der Waals surface area (Å²) >= 11 is 0. The fourth-order valence-electron chi connectivity index (χ4n) is 2.44. The van der Waals surface area contributed by atoms with Crippen LogP contribution in [0.1, 0.15) is 62.7 Å². The zero-order valence-corrected chi connectivity index (χ0v) is 13.1. The van der Waals surface area contributed by atoms with E-state index in [1.165, 1.54) is 0 Å². The molecule has 0 aliphatic carbocycles. The number of aryl methyl sites for hydroxylation is 1. The van der Waals surface area contributed by atoms with Gasteiger partial charge in [0.1, 0.15) is 5.56 Å². The monoisotopic (exact) mass is 279 g/mol. The average molecular weight is 279 g/mol. The Labute approximate surface area is 121 Å². The second-order valence-corrected chi connectivity index (χ2v) is 5.12. The third-order valence-electron chi connectivity index (χ3n) is 3.40. The fraction of sp³-hybridized carbons (Fsp3) is 0.667. The number of anilines is 1. The van der Waals surface area contributed by atoms with E-state index in [0.717, 1.165) is 24.2 Å². The molecule has 0 atom stereocenters. The van der Waals surface area contributed by atoms with Crippen LogP contribution < -0.4 is 4.90 Å². The Morgan fingerprint density at radius 2 is 1.85 bits per heavy atom. The molecular formula is C15H25N3O2. The Balaban J connectivity index is 3.49. The molecule has 0 spiro atoms. The number of carbonyl (C=O) groups is 1. The number of hydrogen-bond acceptors (Lipinski definition) is 4. The first-order chi connectivity index (χ1) is 9.47. The molecule has 20 heavy (non-hydrogen) atoms. The predicted octanol–water partition coefficient (Wildman–Crippen LogP) is 2.92. The molecule has 0 amide bonds. The largest absolute Gasteiger partial charge is 0.478 e. The minimum atomic E-state index is -0.914. The molecule has 112 valence electrons. The van der Waals surface area contributed by atoms with Gasteiger partial charge in [0, 0.05) is 12.6 Å². The highest BCUT2D eigenvalue weighted by Gasteiger charge is 2.25. The molecule has 0 saturated carbocycles. The number of rotatable bonds is 7. The van der Waals surface area contributed by atoms with Crippen molar-refractivity contribution in [1.82, 2.24) is 10.2 Å². The highest BCUT2D eigenvalue weighted by molar-refractivity contribution is 5.95. The fourth-order valence-corrected chi connectivity index (χ4v) is 2.44. The van der Waals surface area contributed by atoms with Crippen molar-refractivity contribution in [2.45, 2.75) is 59.9 Å². The molecule has 5 nitrogen and oxygen atoms in total. The van der Waals surface area contributed by atoms with Crippen LogP contribution in [0, 0.1) is 0 Å². The molecule has 0 aliphatic rings. The summed E-state index contributed by atoms with van der Waals surface area (Å²) in [5, 5.41) is 18.1. The van der Waals surface area contributed by atoms with Crippen molar-refractivity contribution in [2.75, 3.05) is 11.4 Å². The number of hydrogen-bond donors (Lipinski definition) is 1. The van der Waals surface area contributed by atoms with Gasteiger partial charge >= 0.3 is 5.97 Å². The van der Waals surface area contributed by atoms with Crippen LogP contribution in [0.5, 0.6) is 0 Å². The summed E-state index contributed by atoms with van der Waals surface area (Å²) in [7, 11) is 0. The van der Waals surface area contributed by atoms with Gasteiger partial charge in [0.15, 0.2) is 5.82 Å². The predicted molar refractivity (Wildman–Crippen MR) is 80.5 cm³/mol. The van der Waals surface area contributed by atoms with E-state index in [1.807, 2.05) is 32.6 Å². The van der Waals surface area contributed by atoms with Gasteiger partial charge in [-0.2, -0.15) is 5.10 Å². The molecule has 0 aliphatic heterocycles. The molecule has 0 unspecified atom stereocenters. The van der Waals surface area contributed by atoms with Crippen LogP contribution in [0.15, 0.2) is 0 Å². The third-order valence-corrected chi connectivity index (χ3v) is 3.40. The van der Waals surface area contributed by atoms with Crippen LogP contribution >= 0.6 is 0 Å². The normalized spacial score (nSPS) is 10.9. The van der Waals surface area contributed by atoms with Gasteiger partial charge in [-0.15, -0.1) is 5.10 Å². The molecule has 1 rings (SSSR count). The van der Waals surface area contributed by atoms with E-state index >= 15 is 0 Å². The van der Waals surface area contributed by atoms with Gasteiger partial charge in [-0.05, 0) is 38.7 Å². The van der Waals surface area contributed by atoms with Gasteiger partial charge in [-0.1, -0.05) is 20.8 Å². The SMILES string of the molecule is CCCN(c1nnc(CC)c(CC)c1C(=O)O)C(C)C. The maximum Gasteiger partial charge on any atom is 0.339 e. The third kappa shape index (κ3) is 3.26. The molecule has 0 aromatic carbocycles. The number of nitrogens with zero attached hydrogens (tertiary/aromatic N) is 3. The molecule has 0 fully saturated rings. The van der Waals surface area contributed by atoms with Crippen LogP contribution in [0.4, 0.5) is 5.82 Å². The first-order valence-corrected chi connectivity index (χ1v) is 7.36. The molecule has 1 aromatic rings. The second kappa shape index (κ2) is 7.22. The summed E-state index contributed by atoms with van der Waals surface area (Å²) in [6.45, 7) is 10.9. The summed E-state index contributed by atoms with van der Waals surface area (Å²) < 4.78 is 0. The lowest BCUT2D eigenvalue weighted by molar-refractivity contribution is 0.0695. The van der Waals surface area contributed by atoms with Crippen LogP contribution in [0.2, 0.25) is 0 Å². The summed E-state index contributed by atoms with van der Waals surface area (Å²) in [5.41, 5.74) is 1.92. The minimum Gasteiger partial charge on any atom is -0.478 e. The van der Waals surface area contributed by atoms with E-state index in [9.17, 15) is 9.90 Å². The minimum absolute atomic E-state index is 0.194. The van der Waals surface area contributed by atoms with Crippen molar-refractivity contribution < 1.29 is 9.90 Å². The van der Waals surface area contributed by atoms with Crippen molar-refractivity contribution in [3.05, 3.63) is 16.8 Å². The molecule has 0 bridgehead atoms. The number of carboxylic acids is 1. The van der Waals surface area contributed by atoms with E-state index < -0.39 is 5.97 Å². The maximum absolute atomic E-state index is 11.7. The topological polar surface area (TPSA) is 66.3 Å². The van der Waals surface area contributed by atoms with E-state index in [2.05, 4.69) is 17.1 Å². The second-order valence-electron chi connectivity index (χ2n) is 5.12. The highest BCUT2D eigenvalue weighted by Crippen LogP contribution is 2.25. The van der Waals surface area contributed by atoms with Crippen LogP contribution in [0.25, 0.3) is 0 Å². The van der Waals surface area contributed by atoms with E-state index in [4.69, 9.17) is 0 Å². The Hall–Kier alpha value is -1.65. The van der Waals surface area contributed by atoms with Gasteiger partial charge in [0.05, 0.1) is 5.69 Å². The number of aromatic carboxylic acids is 1. The highest BCUT2D eigenvalue weighted by atomic mass is 16.4. The molecule has 0 saturated heterocycles. The van der Waals surface area contributed by atoms with Crippen LogP contribution in [-0.2, 0) is 12.8 Å². The molecule has 1 aromatic heterocycles. The first-order valence-electron chi connectivity index (χ1n) is 7.36. The van der Waals surface area contributed by atoms with Gasteiger partial charge < -0.3 is 10.0 Å². The molecule has 1 N–H and O–H groups in total. The lowest BCUT2D eigenvalue weighted by Crippen LogP contribution is -2.34.